The molecular formula is C15H16BrN5O. The molecule has 3 N–H and O–H groups in total. The molecule has 2 aromatic rings. The minimum atomic E-state index is 0.285. The Balaban J connectivity index is 2.23. The van der Waals surface area contributed by atoms with E-state index >= 15 is 0 Å². The Morgan fingerprint density at radius 1 is 1.41 bits per heavy atom. The second-order valence-electron chi connectivity index (χ2n) is 4.55. The summed E-state index contributed by atoms with van der Waals surface area (Å²) in [5.74, 6) is 0.503. The number of hydrogen-bond donors (Lipinski definition) is 2. The molecule has 0 bridgehead atoms. The number of anilines is 2. The van der Waals surface area contributed by atoms with Gasteiger partial charge in [-0.05, 0) is 31.5 Å². The maximum absolute atomic E-state index is 9.18. The summed E-state index contributed by atoms with van der Waals surface area (Å²) < 4.78 is 6.18. The van der Waals surface area contributed by atoms with Crippen molar-refractivity contribution in [3.8, 4) is 12.1 Å². The number of nitrogen functional groups attached to an aromatic ring is 1. The van der Waals surface area contributed by atoms with Crippen molar-refractivity contribution in [3.05, 3.63) is 39.5 Å². The van der Waals surface area contributed by atoms with Crippen molar-refractivity contribution in [3.63, 3.8) is 0 Å². The predicted octanol–water partition coefficient (Wildman–Crippen LogP) is 3.01. The smallest absolute Gasteiger partial charge is 0.318 e. The van der Waals surface area contributed by atoms with Crippen LogP contribution in [0.2, 0.25) is 0 Å². The molecule has 0 radical (unpaired) electrons. The Labute approximate surface area is 137 Å². The lowest BCUT2D eigenvalue weighted by molar-refractivity contribution is 0.312. The maximum Gasteiger partial charge on any atom is 0.318 e. The molecule has 0 spiro atoms. The van der Waals surface area contributed by atoms with E-state index in [1.807, 2.05) is 19.1 Å². The number of nitrogens with two attached hydrogens (primary N) is 1. The SMILES string of the molecule is CCOc1nc(C)c(N)c(NCc2ccc(Br)cc2C#N)n1. The Bertz CT molecular complexity index is 727. The third-order valence-corrected chi connectivity index (χ3v) is 3.52. The van der Waals surface area contributed by atoms with Crippen molar-refractivity contribution >= 4 is 27.4 Å². The number of nitrogens with zero attached hydrogens (tertiary/aromatic N) is 3. The molecule has 0 fully saturated rings. The van der Waals surface area contributed by atoms with E-state index in [0.717, 1.165) is 10.0 Å². The molecule has 0 atom stereocenters. The molecule has 22 heavy (non-hydrogen) atoms. The van der Waals surface area contributed by atoms with Gasteiger partial charge in [0.15, 0.2) is 5.82 Å². The van der Waals surface area contributed by atoms with Crippen LogP contribution in [0.4, 0.5) is 11.5 Å². The third kappa shape index (κ3) is 3.65. The van der Waals surface area contributed by atoms with Gasteiger partial charge in [-0.1, -0.05) is 22.0 Å². The monoisotopic (exact) mass is 361 g/mol. The van der Waals surface area contributed by atoms with Crippen LogP contribution in [-0.4, -0.2) is 16.6 Å². The number of aryl methyl sites for hydroxylation is 1. The molecule has 0 aliphatic heterocycles. The zero-order valence-electron chi connectivity index (χ0n) is 12.4. The highest BCUT2D eigenvalue weighted by molar-refractivity contribution is 9.10. The minimum absolute atomic E-state index is 0.285. The maximum atomic E-state index is 9.18. The third-order valence-electron chi connectivity index (χ3n) is 3.03. The van der Waals surface area contributed by atoms with E-state index in [2.05, 4.69) is 37.3 Å². The molecule has 0 saturated heterocycles. The lowest BCUT2D eigenvalue weighted by Crippen LogP contribution is -2.10. The number of halogens is 1. The van der Waals surface area contributed by atoms with E-state index in [9.17, 15) is 5.26 Å². The summed E-state index contributed by atoms with van der Waals surface area (Å²) in [7, 11) is 0. The van der Waals surface area contributed by atoms with Crippen LogP contribution in [0.1, 0.15) is 23.7 Å². The topological polar surface area (TPSA) is 96.9 Å². The van der Waals surface area contributed by atoms with Crippen LogP contribution in [-0.2, 0) is 6.54 Å². The van der Waals surface area contributed by atoms with Crippen LogP contribution in [0.5, 0.6) is 6.01 Å². The molecule has 2 rings (SSSR count). The van der Waals surface area contributed by atoms with Crippen LogP contribution < -0.4 is 15.8 Å². The molecule has 114 valence electrons. The Morgan fingerprint density at radius 2 is 2.18 bits per heavy atom. The number of nitrogens with one attached hydrogen (secondary N) is 1. The molecule has 0 amide bonds. The molecule has 0 aliphatic rings. The van der Waals surface area contributed by atoms with E-state index in [1.165, 1.54) is 0 Å². The summed E-state index contributed by atoms with van der Waals surface area (Å²) in [6.45, 7) is 4.57. The lowest BCUT2D eigenvalue weighted by atomic mass is 10.1. The molecule has 1 heterocycles. The summed E-state index contributed by atoms with van der Waals surface area (Å²) >= 11 is 3.35. The molecule has 1 aromatic heterocycles. The van der Waals surface area contributed by atoms with Gasteiger partial charge in [0.05, 0.1) is 29.6 Å². The van der Waals surface area contributed by atoms with Crippen LogP contribution in [0.3, 0.4) is 0 Å². The number of hydrogen-bond acceptors (Lipinski definition) is 6. The van der Waals surface area contributed by atoms with Gasteiger partial charge < -0.3 is 15.8 Å². The number of aromatic nitrogens is 2. The fourth-order valence-electron chi connectivity index (χ4n) is 1.87. The normalized spacial score (nSPS) is 10.1. The van der Waals surface area contributed by atoms with Crippen LogP contribution >= 0.6 is 15.9 Å². The fraction of sp³-hybridized carbons (Fsp3) is 0.267. The highest BCUT2D eigenvalue weighted by atomic mass is 79.9. The fourth-order valence-corrected chi connectivity index (χ4v) is 2.23. The van der Waals surface area contributed by atoms with E-state index in [0.29, 0.717) is 35.9 Å². The Kier molecular flexibility index (Phi) is 5.17. The van der Waals surface area contributed by atoms with Gasteiger partial charge in [0.2, 0.25) is 0 Å². The van der Waals surface area contributed by atoms with Crippen molar-refractivity contribution < 1.29 is 4.74 Å². The first-order valence-electron chi connectivity index (χ1n) is 6.74. The van der Waals surface area contributed by atoms with Gasteiger partial charge in [0.25, 0.3) is 0 Å². The minimum Gasteiger partial charge on any atom is -0.464 e. The standard InChI is InChI=1S/C15H16BrN5O/c1-3-22-15-20-9(2)13(18)14(21-15)19-8-10-4-5-12(16)6-11(10)7-17/h4-6H,3,8,18H2,1-2H3,(H,19,20,21). The van der Waals surface area contributed by atoms with E-state index < -0.39 is 0 Å². The lowest BCUT2D eigenvalue weighted by Gasteiger charge is -2.12. The molecule has 1 aromatic carbocycles. The van der Waals surface area contributed by atoms with Gasteiger partial charge in [-0.25, -0.2) is 0 Å². The van der Waals surface area contributed by atoms with Crippen molar-refractivity contribution in [1.82, 2.24) is 9.97 Å². The summed E-state index contributed by atoms with van der Waals surface area (Å²) in [6.07, 6.45) is 0. The summed E-state index contributed by atoms with van der Waals surface area (Å²) in [4.78, 5) is 8.42. The van der Waals surface area contributed by atoms with Crippen molar-refractivity contribution in [1.29, 1.82) is 5.26 Å². The number of nitriles is 1. The first-order valence-corrected chi connectivity index (χ1v) is 7.53. The van der Waals surface area contributed by atoms with E-state index in [1.54, 1.807) is 13.0 Å². The Hall–Kier alpha value is -2.33. The molecular weight excluding hydrogens is 346 g/mol. The highest BCUT2D eigenvalue weighted by Gasteiger charge is 2.10. The second-order valence-corrected chi connectivity index (χ2v) is 5.47. The van der Waals surface area contributed by atoms with Crippen molar-refractivity contribution in [2.24, 2.45) is 0 Å². The zero-order valence-corrected chi connectivity index (χ0v) is 13.9. The molecule has 0 aliphatic carbocycles. The van der Waals surface area contributed by atoms with Gasteiger partial charge in [-0.3, -0.25) is 0 Å². The number of rotatable bonds is 5. The molecule has 0 unspecified atom stereocenters. The van der Waals surface area contributed by atoms with Gasteiger partial charge in [0.1, 0.15) is 0 Å². The van der Waals surface area contributed by atoms with E-state index in [4.69, 9.17) is 10.5 Å². The zero-order chi connectivity index (χ0) is 16.1. The van der Waals surface area contributed by atoms with Gasteiger partial charge in [-0.15, -0.1) is 0 Å². The second kappa shape index (κ2) is 7.09. The van der Waals surface area contributed by atoms with Crippen LogP contribution in [0.25, 0.3) is 0 Å². The number of ether oxygens (including phenoxy) is 1. The molecule has 7 heteroatoms. The first kappa shape index (κ1) is 16.0. The van der Waals surface area contributed by atoms with Crippen LogP contribution in [0, 0.1) is 18.3 Å². The molecule has 6 nitrogen and oxygen atoms in total. The Morgan fingerprint density at radius 3 is 2.86 bits per heavy atom. The first-order chi connectivity index (χ1) is 10.5. The van der Waals surface area contributed by atoms with Gasteiger partial charge in [0, 0.05) is 11.0 Å². The number of benzene rings is 1. The van der Waals surface area contributed by atoms with Crippen molar-refractivity contribution in [2.45, 2.75) is 20.4 Å². The summed E-state index contributed by atoms with van der Waals surface area (Å²) in [5, 5.41) is 12.3. The van der Waals surface area contributed by atoms with E-state index in [-0.39, 0.29) is 6.01 Å². The quantitative estimate of drug-likeness (QED) is 0.849. The summed E-state index contributed by atoms with van der Waals surface area (Å²) in [5.41, 5.74) is 8.57. The highest BCUT2D eigenvalue weighted by Crippen LogP contribution is 2.23. The molecule has 0 saturated carbocycles. The van der Waals surface area contributed by atoms with Crippen LogP contribution in [0.15, 0.2) is 22.7 Å². The average molecular weight is 362 g/mol. The average Bonchev–Trinajstić information content (AvgIpc) is 2.50. The van der Waals surface area contributed by atoms with Gasteiger partial charge in [-0.2, -0.15) is 15.2 Å². The summed E-state index contributed by atoms with van der Waals surface area (Å²) in [6, 6.07) is 8.00. The largest absolute Gasteiger partial charge is 0.464 e. The predicted molar refractivity (Wildman–Crippen MR) is 88.5 cm³/mol. The van der Waals surface area contributed by atoms with Gasteiger partial charge >= 0.3 is 6.01 Å². The van der Waals surface area contributed by atoms with Crippen molar-refractivity contribution in [2.75, 3.05) is 17.7 Å².